The first kappa shape index (κ1) is 12.0. The van der Waals surface area contributed by atoms with Gasteiger partial charge in [-0.3, -0.25) is 9.59 Å². The number of piperidine rings is 1. The fourth-order valence-electron chi connectivity index (χ4n) is 1.85. The van der Waals surface area contributed by atoms with E-state index in [1.807, 2.05) is 6.92 Å². The molecule has 5 heteroatoms. The summed E-state index contributed by atoms with van der Waals surface area (Å²) in [6.07, 6.45) is 1.92. The molecule has 3 N–H and O–H groups in total. The molecule has 86 valence electrons. The molecule has 1 heterocycles. The van der Waals surface area contributed by atoms with Gasteiger partial charge in [0.05, 0.1) is 12.5 Å². The highest BCUT2D eigenvalue weighted by atomic mass is 16.2. The molecule has 1 atom stereocenters. The molecule has 1 aliphatic rings. The highest BCUT2D eigenvalue weighted by molar-refractivity contribution is 5.85. The standard InChI is InChI=1S/C10H19N3O2/c1-2-13(7-9(11)14)10(15)8-4-3-5-12-6-8/h8,12H,2-7H2,1H3,(H2,11,14). The topological polar surface area (TPSA) is 75.4 Å². The van der Waals surface area contributed by atoms with Crippen LogP contribution in [0.15, 0.2) is 0 Å². The maximum absolute atomic E-state index is 11.9. The Balaban J connectivity index is 2.50. The molecule has 1 rings (SSSR count). The highest BCUT2D eigenvalue weighted by Crippen LogP contribution is 2.13. The van der Waals surface area contributed by atoms with Crippen LogP contribution < -0.4 is 11.1 Å². The highest BCUT2D eigenvalue weighted by Gasteiger charge is 2.25. The summed E-state index contributed by atoms with van der Waals surface area (Å²) in [4.78, 5) is 24.2. The van der Waals surface area contributed by atoms with Crippen molar-refractivity contribution in [2.75, 3.05) is 26.2 Å². The number of nitrogens with zero attached hydrogens (tertiary/aromatic N) is 1. The van der Waals surface area contributed by atoms with Crippen LogP contribution in [0.4, 0.5) is 0 Å². The zero-order valence-electron chi connectivity index (χ0n) is 9.16. The van der Waals surface area contributed by atoms with Gasteiger partial charge in [-0.2, -0.15) is 0 Å². The second-order valence-electron chi connectivity index (χ2n) is 3.86. The van der Waals surface area contributed by atoms with Gasteiger partial charge in [0.15, 0.2) is 0 Å². The number of nitrogens with two attached hydrogens (primary N) is 1. The zero-order valence-corrected chi connectivity index (χ0v) is 9.16. The molecule has 0 bridgehead atoms. The first-order chi connectivity index (χ1) is 7.15. The van der Waals surface area contributed by atoms with Crippen molar-refractivity contribution < 1.29 is 9.59 Å². The van der Waals surface area contributed by atoms with E-state index < -0.39 is 5.91 Å². The van der Waals surface area contributed by atoms with E-state index in [2.05, 4.69) is 5.32 Å². The molecule has 1 unspecified atom stereocenters. The fourth-order valence-corrected chi connectivity index (χ4v) is 1.85. The van der Waals surface area contributed by atoms with Crippen molar-refractivity contribution in [3.8, 4) is 0 Å². The Morgan fingerprint density at radius 3 is 2.73 bits per heavy atom. The third-order valence-electron chi connectivity index (χ3n) is 2.69. The predicted molar refractivity (Wildman–Crippen MR) is 57.0 cm³/mol. The summed E-state index contributed by atoms with van der Waals surface area (Å²) >= 11 is 0. The smallest absolute Gasteiger partial charge is 0.237 e. The van der Waals surface area contributed by atoms with Gasteiger partial charge >= 0.3 is 0 Å². The summed E-state index contributed by atoms with van der Waals surface area (Å²) in [5, 5.41) is 3.18. The fraction of sp³-hybridized carbons (Fsp3) is 0.800. The Labute approximate surface area is 90.0 Å². The molecule has 0 aromatic heterocycles. The lowest BCUT2D eigenvalue weighted by Gasteiger charge is -2.28. The lowest BCUT2D eigenvalue weighted by molar-refractivity contribution is -0.139. The van der Waals surface area contributed by atoms with Crippen molar-refractivity contribution in [2.45, 2.75) is 19.8 Å². The number of carbonyl (C=O) groups excluding carboxylic acids is 2. The van der Waals surface area contributed by atoms with E-state index in [0.717, 1.165) is 19.4 Å². The third-order valence-corrected chi connectivity index (χ3v) is 2.69. The van der Waals surface area contributed by atoms with Crippen molar-refractivity contribution in [2.24, 2.45) is 11.7 Å². The summed E-state index contributed by atoms with van der Waals surface area (Å²) in [5.41, 5.74) is 5.09. The van der Waals surface area contributed by atoms with Crippen LogP contribution in [0.3, 0.4) is 0 Å². The van der Waals surface area contributed by atoms with Crippen LogP contribution in [0.25, 0.3) is 0 Å². The van der Waals surface area contributed by atoms with E-state index in [-0.39, 0.29) is 18.4 Å². The van der Waals surface area contributed by atoms with Crippen molar-refractivity contribution in [3.05, 3.63) is 0 Å². The predicted octanol–water partition coefficient (Wildman–Crippen LogP) is -0.680. The molecule has 1 aliphatic heterocycles. The number of likely N-dealkylation sites (N-methyl/N-ethyl adjacent to an activating group) is 1. The molecule has 1 saturated heterocycles. The SMILES string of the molecule is CCN(CC(N)=O)C(=O)C1CCCNC1. The van der Waals surface area contributed by atoms with Gasteiger partial charge in [-0.15, -0.1) is 0 Å². The molecule has 0 spiro atoms. The van der Waals surface area contributed by atoms with Crippen molar-refractivity contribution in [1.29, 1.82) is 0 Å². The van der Waals surface area contributed by atoms with E-state index in [9.17, 15) is 9.59 Å². The molecule has 1 fully saturated rings. The van der Waals surface area contributed by atoms with Crippen LogP contribution in [0.2, 0.25) is 0 Å². The van der Waals surface area contributed by atoms with Gasteiger partial charge in [-0.05, 0) is 26.3 Å². The summed E-state index contributed by atoms with van der Waals surface area (Å²) in [5.74, 6) is -0.393. The second-order valence-corrected chi connectivity index (χ2v) is 3.86. The van der Waals surface area contributed by atoms with Crippen LogP contribution in [0, 0.1) is 5.92 Å². The van der Waals surface area contributed by atoms with E-state index in [0.29, 0.717) is 13.1 Å². The van der Waals surface area contributed by atoms with E-state index >= 15 is 0 Å². The Bertz CT molecular complexity index is 237. The largest absolute Gasteiger partial charge is 0.368 e. The number of rotatable bonds is 4. The number of hydrogen-bond donors (Lipinski definition) is 2. The maximum atomic E-state index is 11.9. The lowest BCUT2D eigenvalue weighted by Crippen LogP contribution is -2.45. The number of hydrogen-bond acceptors (Lipinski definition) is 3. The Morgan fingerprint density at radius 1 is 1.53 bits per heavy atom. The van der Waals surface area contributed by atoms with Crippen LogP contribution in [0.5, 0.6) is 0 Å². The second kappa shape index (κ2) is 5.70. The van der Waals surface area contributed by atoms with Crippen molar-refractivity contribution in [1.82, 2.24) is 10.2 Å². The third kappa shape index (κ3) is 3.51. The van der Waals surface area contributed by atoms with Crippen molar-refractivity contribution in [3.63, 3.8) is 0 Å². The molecular weight excluding hydrogens is 194 g/mol. The molecular formula is C10H19N3O2. The first-order valence-electron chi connectivity index (χ1n) is 5.43. The van der Waals surface area contributed by atoms with Crippen LogP contribution >= 0.6 is 0 Å². The average molecular weight is 213 g/mol. The molecule has 0 aromatic carbocycles. The molecule has 0 aromatic rings. The maximum Gasteiger partial charge on any atom is 0.237 e. The summed E-state index contributed by atoms with van der Waals surface area (Å²) in [6.45, 7) is 4.13. The summed E-state index contributed by atoms with van der Waals surface area (Å²) < 4.78 is 0. The number of carbonyl (C=O) groups is 2. The van der Waals surface area contributed by atoms with Crippen LogP contribution in [0.1, 0.15) is 19.8 Å². The minimum atomic E-state index is -0.450. The van der Waals surface area contributed by atoms with Gasteiger partial charge < -0.3 is 16.0 Å². The van der Waals surface area contributed by atoms with E-state index in [1.165, 1.54) is 4.90 Å². The molecule has 0 saturated carbocycles. The minimum absolute atomic E-state index is 0.0121. The van der Waals surface area contributed by atoms with E-state index in [4.69, 9.17) is 5.73 Å². The van der Waals surface area contributed by atoms with E-state index in [1.54, 1.807) is 0 Å². The normalized spacial score (nSPS) is 21.0. The van der Waals surface area contributed by atoms with Gasteiger partial charge in [0, 0.05) is 13.1 Å². The average Bonchev–Trinajstić information content (AvgIpc) is 2.26. The monoisotopic (exact) mass is 213 g/mol. The molecule has 0 aliphatic carbocycles. The number of primary amides is 1. The Kier molecular flexibility index (Phi) is 4.55. The molecule has 2 amide bonds. The van der Waals surface area contributed by atoms with Crippen LogP contribution in [-0.2, 0) is 9.59 Å². The quantitative estimate of drug-likeness (QED) is 0.649. The Morgan fingerprint density at radius 2 is 2.27 bits per heavy atom. The molecule has 0 radical (unpaired) electrons. The van der Waals surface area contributed by atoms with Gasteiger partial charge in [-0.1, -0.05) is 0 Å². The lowest BCUT2D eigenvalue weighted by atomic mass is 9.98. The van der Waals surface area contributed by atoms with Gasteiger partial charge in [0.1, 0.15) is 0 Å². The Hall–Kier alpha value is -1.10. The number of nitrogens with one attached hydrogen (secondary N) is 1. The van der Waals surface area contributed by atoms with Crippen molar-refractivity contribution >= 4 is 11.8 Å². The summed E-state index contributed by atoms with van der Waals surface area (Å²) in [7, 11) is 0. The molecule has 5 nitrogen and oxygen atoms in total. The summed E-state index contributed by atoms with van der Waals surface area (Å²) in [6, 6.07) is 0. The van der Waals surface area contributed by atoms with Gasteiger partial charge in [0.2, 0.25) is 11.8 Å². The minimum Gasteiger partial charge on any atom is -0.368 e. The van der Waals surface area contributed by atoms with Gasteiger partial charge in [-0.25, -0.2) is 0 Å². The molecule has 15 heavy (non-hydrogen) atoms. The van der Waals surface area contributed by atoms with Gasteiger partial charge in [0.25, 0.3) is 0 Å². The number of amides is 2. The zero-order chi connectivity index (χ0) is 11.3. The van der Waals surface area contributed by atoms with Crippen LogP contribution in [-0.4, -0.2) is 42.9 Å². The first-order valence-corrected chi connectivity index (χ1v) is 5.43.